The Kier molecular flexibility index (Phi) is 4.36. The molecule has 1 heterocycles. The fraction of sp³-hybridized carbons (Fsp3) is 0.143. The van der Waals surface area contributed by atoms with Crippen LogP contribution >= 0.6 is 11.8 Å². The third-order valence-electron chi connectivity index (χ3n) is 2.45. The number of nitrogens with zero attached hydrogens (tertiary/aromatic N) is 1. The summed E-state index contributed by atoms with van der Waals surface area (Å²) in [5.74, 6) is 1.45. The van der Waals surface area contributed by atoms with Crippen LogP contribution in [0, 0.1) is 0 Å². The van der Waals surface area contributed by atoms with E-state index >= 15 is 0 Å². The van der Waals surface area contributed by atoms with Gasteiger partial charge in [0.1, 0.15) is 6.29 Å². The van der Waals surface area contributed by atoms with Crippen molar-refractivity contribution >= 4 is 18.0 Å². The molecule has 0 aliphatic heterocycles. The molecule has 18 heavy (non-hydrogen) atoms. The quantitative estimate of drug-likeness (QED) is 0.610. The van der Waals surface area contributed by atoms with Gasteiger partial charge in [0.25, 0.3) is 0 Å². The molecule has 0 saturated carbocycles. The van der Waals surface area contributed by atoms with Gasteiger partial charge >= 0.3 is 0 Å². The van der Waals surface area contributed by atoms with Crippen LogP contribution in [0.1, 0.15) is 15.9 Å². The minimum absolute atomic E-state index is 0.662. The zero-order valence-electron chi connectivity index (χ0n) is 10.00. The van der Waals surface area contributed by atoms with Crippen molar-refractivity contribution in [3.8, 4) is 5.88 Å². The van der Waals surface area contributed by atoms with Gasteiger partial charge in [-0.2, -0.15) is 0 Å². The Hall–Kier alpha value is -1.81. The highest BCUT2D eigenvalue weighted by Gasteiger charge is 2.04. The van der Waals surface area contributed by atoms with Crippen molar-refractivity contribution in [1.29, 1.82) is 0 Å². The molecule has 0 atom stereocenters. The van der Waals surface area contributed by atoms with E-state index < -0.39 is 0 Å². The maximum Gasteiger partial charge on any atom is 0.217 e. The Morgan fingerprint density at radius 2 is 2.06 bits per heavy atom. The van der Waals surface area contributed by atoms with Crippen molar-refractivity contribution in [2.45, 2.75) is 10.6 Å². The molecule has 1 aromatic carbocycles. The minimum atomic E-state index is 0.662. The second kappa shape index (κ2) is 6.21. The summed E-state index contributed by atoms with van der Waals surface area (Å²) in [5, 5.41) is 0. The van der Waals surface area contributed by atoms with E-state index in [0.717, 1.165) is 22.5 Å². The molecule has 3 nitrogen and oxygen atoms in total. The van der Waals surface area contributed by atoms with Crippen LogP contribution in [-0.4, -0.2) is 18.4 Å². The summed E-state index contributed by atoms with van der Waals surface area (Å²) < 4.78 is 5.20. The van der Waals surface area contributed by atoms with Crippen LogP contribution in [0.25, 0.3) is 0 Å². The Bertz CT molecular complexity index is 526. The summed E-state index contributed by atoms with van der Waals surface area (Å²) in [7, 11) is 1.62. The predicted octanol–water partition coefficient (Wildman–Crippen LogP) is 3.20. The number of carbonyl (C=O) groups is 1. The van der Waals surface area contributed by atoms with E-state index in [4.69, 9.17) is 4.74 Å². The second-order valence-corrected chi connectivity index (χ2v) is 4.70. The zero-order valence-corrected chi connectivity index (χ0v) is 10.8. The third-order valence-corrected chi connectivity index (χ3v) is 3.51. The third kappa shape index (κ3) is 3.11. The first-order valence-electron chi connectivity index (χ1n) is 5.49. The van der Waals surface area contributed by atoms with Gasteiger partial charge < -0.3 is 4.74 Å². The van der Waals surface area contributed by atoms with E-state index in [-0.39, 0.29) is 0 Å². The monoisotopic (exact) mass is 259 g/mol. The number of methoxy groups -OCH3 is 1. The van der Waals surface area contributed by atoms with Gasteiger partial charge in [-0.25, -0.2) is 4.98 Å². The van der Waals surface area contributed by atoms with Crippen molar-refractivity contribution in [2.75, 3.05) is 7.11 Å². The molecular weight excluding hydrogens is 246 g/mol. The number of rotatable bonds is 5. The van der Waals surface area contributed by atoms with Crippen molar-refractivity contribution < 1.29 is 9.53 Å². The standard InChI is InChI=1S/C14H13NO2S/c1-17-14-12(3-2-8-15-14)10-18-13-6-4-11(9-16)5-7-13/h2-9H,10H2,1H3. The molecule has 0 bridgehead atoms. The number of benzene rings is 1. The first-order valence-corrected chi connectivity index (χ1v) is 6.48. The van der Waals surface area contributed by atoms with E-state index in [1.54, 1.807) is 25.1 Å². The number of hydrogen-bond donors (Lipinski definition) is 0. The first-order chi connectivity index (χ1) is 8.83. The van der Waals surface area contributed by atoms with Crippen LogP contribution in [0.15, 0.2) is 47.5 Å². The van der Waals surface area contributed by atoms with E-state index in [0.29, 0.717) is 11.4 Å². The van der Waals surface area contributed by atoms with E-state index in [9.17, 15) is 4.79 Å². The largest absolute Gasteiger partial charge is 0.481 e. The van der Waals surface area contributed by atoms with Crippen molar-refractivity contribution in [3.05, 3.63) is 53.7 Å². The number of aldehydes is 1. The zero-order chi connectivity index (χ0) is 12.8. The van der Waals surface area contributed by atoms with Gasteiger partial charge in [-0.3, -0.25) is 4.79 Å². The lowest BCUT2D eigenvalue weighted by Crippen LogP contribution is -1.92. The smallest absolute Gasteiger partial charge is 0.217 e. The highest BCUT2D eigenvalue weighted by Crippen LogP contribution is 2.26. The molecule has 1 aromatic heterocycles. The average molecular weight is 259 g/mol. The Morgan fingerprint density at radius 1 is 1.28 bits per heavy atom. The summed E-state index contributed by atoms with van der Waals surface area (Å²) >= 11 is 1.69. The molecular formula is C14H13NO2S. The molecule has 0 fully saturated rings. The number of aromatic nitrogens is 1. The van der Waals surface area contributed by atoms with Gasteiger partial charge in [0.2, 0.25) is 5.88 Å². The normalized spacial score (nSPS) is 10.1. The van der Waals surface area contributed by atoms with Crippen molar-refractivity contribution in [3.63, 3.8) is 0 Å². The summed E-state index contributed by atoms with van der Waals surface area (Å²) in [6.45, 7) is 0. The molecule has 2 aromatic rings. The SMILES string of the molecule is COc1ncccc1CSc1ccc(C=O)cc1. The van der Waals surface area contributed by atoms with Gasteiger partial charge in [-0.05, 0) is 18.2 Å². The number of ether oxygens (including phenoxy) is 1. The van der Waals surface area contributed by atoms with Gasteiger partial charge in [0, 0.05) is 28.0 Å². The summed E-state index contributed by atoms with van der Waals surface area (Å²) in [4.78, 5) is 15.8. The van der Waals surface area contributed by atoms with Gasteiger partial charge in [-0.1, -0.05) is 18.2 Å². The number of thioether (sulfide) groups is 1. The topological polar surface area (TPSA) is 39.2 Å². The first kappa shape index (κ1) is 12.6. The second-order valence-electron chi connectivity index (χ2n) is 3.65. The molecule has 0 N–H and O–H groups in total. The van der Waals surface area contributed by atoms with Crippen molar-refractivity contribution in [2.24, 2.45) is 0 Å². The van der Waals surface area contributed by atoms with Crippen LogP contribution in [-0.2, 0) is 5.75 Å². The molecule has 0 saturated heterocycles. The lowest BCUT2D eigenvalue weighted by atomic mass is 10.2. The summed E-state index contributed by atoms with van der Waals surface area (Å²) in [6.07, 6.45) is 2.56. The van der Waals surface area contributed by atoms with Crippen LogP contribution in [0.4, 0.5) is 0 Å². The van der Waals surface area contributed by atoms with Crippen LogP contribution < -0.4 is 4.74 Å². The van der Waals surface area contributed by atoms with Crippen LogP contribution in [0.3, 0.4) is 0 Å². The average Bonchev–Trinajstić information content (AvgIpc) is 2.46. The minimum Gasteiger partial charge on any atom is -0.481 e. The predicted molar refractivity (Wildman–Crippen MR) is 72.2 cm³/mol. The van der Waals surface area contributed by atoms with Crippen LogP contribution in [0.5, 0.6) is 5.88 Å². The number of carbonyl (C=O) groups excluding carboxylic acids is 1. The highest BCUT2D eigenvalue weighted by molar-refractivity contribution is 7.98. The lowest BCUT2D eigenvalue weighted by molar-refractivity contribution is 0.112. The fourth-order valence-electron chi connectivity index (χ4n) is 1.52. The maximum absolute atomic E-state index is 10.5. The molecule has 92 valence electrons. The van der Waals surface area contributed by atoms with Gasteiger partial charge in [-0.15, -0.1) is 11.8 Å². The molecule has 0 spiro atoms. The molecule has 2 rings (SSSR count). The Labute approximate surface area is 110 Å². The molecule has 0 amide bonds. The Balaban J connectivity index is 2.04. The number of hydrogen-bond acceptors (Lipinski definition) is 4. The number of pyridine rings is 1. The molecule has 4 heteroatoms. The fourth-order valence-corrected chi connectivity index (χ4v) is 2.39. The van der Waals surface area contributed by atoms with Crippen molar-refractivity contribution in [1.82, 2.24) is 4.98 Å². The Morgan fingerprint density at radius 3 is 2.72 bits per heavy atom. The van der Waals surface area contributed by atoms with Gasteiger partial charge in [0.15, 0.2) is 0 Å². The molecule has 0 aliphatic carbocycles. The van der Waals surface area contributed by atoms with E-state index in [1.807, 2.05) is 36.4 Å². The van der Waals surface area contributed by atoms with Crippen LogP contribution in [0.2, 0.25) is 0 Å². The molecule has 0 unspecified atom stereocenters. The lowest BCUT2D eigenvalue weighted by Gasteiger charge is -2.06. The molecule has 0 radical (unpaired) electrons. The summed E-state index contributed by atoms with van der Waals surface area (Å²) in [6, 6.07) is 11.4. The maximum atomic E-state index is 10.5. The molecule has 0 aliphatic rings. The highest BCUT2D eigenvalue weighted by atomic mass is 32.2. The van der Waals surface area contributed by atoms with E-state index in [1.165, 1.54) is 0 Å². The summed E-state index contributed by atoms with van der Waals surface area (Å²) in [5.41, 5.74) is 1.75. The van der Waals surface area contributed by atoms with E-state index in [2.05, 4.69) is 4.98 Å². The van der Waals surface area contributed by atoms with Gasteiger partial charge in [0.05, 0.1) is 7.11 Å².